The maximum absolute atomic E-state index is 2.62. The molecule has 2 aliphatic heterocycles. The molecule has 4 aliphatic carbocycles. The molecule has 6 aliphatic rings. The number of para-hydroxylation sites is 1. The Kier molecular flexibility index (Phi) is 7.93. The van der Waals surface area contributed by atoms with Crippen molar-refractivity contribution in [2.75, 3.05) is 9.80 Å². The summed E-state index contributed by atoms with van der Waals surface area (Å²) in [7, 11) is 0. The first-order chi connectivity index (χ1) is 27.2. The number of rotatable bonds is 4. The van der Waals surface area contributed by atoms with Crippen LogP contribution in [0.4, 0.5) is 22.7 Å². The fourth-order valence-corrected chi connectivity index (χ4v) is 11.3. The van der Waals surface area contributed by atoms with E-state index in [1.54, 1.807) is 5.57 Å². The minimum Gasteiger partial charge on any atom is -0.314 e. The molecule has 0 aromatic heterocycles. The van der Waals surface area contributed by atoms with Crippen molar-refractivity contribution >= 4 is 28.3 Å². The smallest absolute Gasteiger partial charge is 0.0543 e. The van der Waals surface area contributed by atoms with Crippen LogP contribution in [0.25, 0.3) is 5.57 Å². The van der Waals surface area contributed by atoms with Crippen molar-refractivity contribution in [3.05, 3.63) is 183 Å². The van der Waals surface area contributed by atoms with Crippen LogP contribution in [0.3, 0.4) is 0 Å². The highest BCUT2D eigenvalue weighted by molar-refractivity contribution is 5.91. The molecular formula is C55H58N2. The highest BCUT2D eigenvalue weighted by Crippen LogP contribution is 2.60. The second-order valence-corrected chi connectivity index (χ2v) is 20.0. The van der Waals surface area contributed by atoms with Crippen LogP contribution in [0, 0.1) is 5.41 Å². The lowest BCUT2D eigenvalue weighted by atomic mass is 9.65. The predicted octanol–water partition coefficient (Wildman–Crippen LogP) is 14.9. The molecule has 2 heteroatoms. The number of allylic oxidation sites excluding steroid dienone is 11. The normalized spacial score (nSPS) is 21.9. The monoisotopic (exact) mass is 746 g/mol. The van der Waals surface area contributed by atoms with Crippen LogP contribution >= 0.6 is 0 Å². The second kappa shape index (κ2) is 12.5. The van der Waals surface area contributed by atoms with Crippen molar-refractivity contribution < 1.29 is 0 Å². The highest BCUT2D eigenvalue weighted by atomic mass is 15.2. The van der Waals surface area contributed by atoms with E-state index in [-0.39, 0.29) is 21.7 Å². The van der Waals surface area contributed by atoms with Gasteiger partial charge in [-0.3, -0.25) is 0 Å². The van der Waals surface area contributed by atoms with Crippen LogP contribution < -0.4 is 9.80 Å². The van der Waals surface area contributed by atoms with E-state index in [2.05, 4.69) is 193 Å². The summed E-state index contributed by atoms with van der Waals surface area (Å²) in [5.74, 6) is 0.364. The van der Waals surface area contributed by atoms with Crippen LogP contribution in [-0.4, -0.2) is 0 Å². The molecule has 1 atom stereocenters. The quantitative estimate of drug-likeness (QED) is 0.205. The topological polar surface area (TPSA) is 6.48 Å². The maximum Gasteiger partial charge on any atom is 0.0543 e. The van der Waals surface area contributed by atoms with E-state index in [1.165, 1.54) is 84.2 Å². The molecule has 0 radical (unpaired) electrons. The molecule has 0 spiro atoms. The Balaban J connectivity index is 1.07. The predicted molar refractivity (Wildman–Crippen MR) is 242 cm³/mol. The molecule has 0 fully saturated rings. The Morgan fingerprint density at radius 2 is 1.40 bits per heavy atom. The summed E-state index contributed by atoms with van der Waals surface area (Å²) in [4.78, 5) is 5.17. The summed E-state index contributed by atoms with van der Waals surface area (Å²) in [6, 6.07) is 33.0. The van der Waals surface area contributed by atoms with Crippen LogP contribution in [0.2, 0.25) is 0 Å². The Morgan fingerprint density at radius 3 is 2.14 bits per heavy atom. The molecule has 0 N–H and O–H groups in total. The molecule has 4 aromatic carbocycles. The molecule has 0 bridgehead atoms. The van der Waals surface area contributed by atoms with Gasteiger partial charge in [-0.25, -0.2) is 0 Å². The third-order valence-corrected chi connectivity index (χ3v) is 14.7. The summed E-state index contributed by atoms with van der Waals surface area (Å²) in [5, 5.41) is 0. The van der Waals surface area contributed by atoms with Crippen LogP contribution in [-0.2, 0) is 16.2 Å². The van der Waals surface area contributed by atoms with Gasteiger partial charge in [-0.1, -0.05) is 147 Å². The third kappa shape index (κ3) is 5.35. The molecule has 0 saturated heterocycles. The first-order valence-electron chi connectivity index (χ1n) is 21.5. The number of fused-ring (bicyclic) bond motifs is 6. The van der Waals surface area contributed by atoms with E-state index in [1.807, 2.05) is 0 Å². The average Bonchev–Trinajstić information content (AvgIpc) is 3.43. The molecule has 0 amide bonds. The fourth-order valence-electron chi connectivity index (χ4n) is 11.3. The largest absolute Gasteiger partial charge is 0.314 e. The van der Waals surface area contributed by atoms with Crippen molar-refractivity contribution in [3.8, 4) is 0 Å². The van der Waals surface area contributed by atoms with E-state index < -0.39 is 0 Å². The Bertz CT molecular complexity index is 2550. The van der Waals surface area contributed by atoms with Crippen molar-refractivity contribution in [3.63, 3.8) is 0 Å². The molecular weight excluding hydrogens is 689 g/mol. The summed E-state index contributed by atoms with van der Waals surface area (Å²) in [6.45, 7) is 21.6. The Hall–Kier alpha value is -5.08. The van der Waals surface area contributed by atoms with E-state index in [0.29, 0.717) is 5.92 Å². The van der Waals surface area contributed by atoms with Gasteiger partial charge in [0.25, 0.3) is 0 Å². The standard InChI is InChI=1S/C55H58N2/c1-52(2,3)37-24-28-39(29-25-37)56(38-26-21-35(22-27-38)36-23-31-42-41-15-10-11-16-43(41)53(4,5)47(42)33-36)40-30-32-50-48(34-40)55(8,9)46-19-14-18-45-51(46)57(50)49-20-13-12-17-44(49)54(45,6)7/h10-11,13-16,18-22,24,26-28,30-34,36H,12,17,23,25,29H2,1-9H3. The summed E-state index contributed by atoms with van der Waals surface area (Å²) in [5.41, 5.74) is 22.4. The zero-order valence-electron chi connectivity index (χ0n) is 35.6. The minimum absolute atomic E-state index is 0.00371. The molecule has 1 unspecified atom stereocenters. The summed E-state index contributed by atoms with van der Waals surface area (Å²) < 4.78 is 0. The zero-order valence-corrected chi connectivity index (χ0v) is 35.6. The Morgan fingerprint density at radius 1 is 0.684 bits per heavy atom. The summed E-state index contributed by atoms with van der Waals surface area (Å²) >= 11 is 0. The SMILES string of the molecule is CC(C)(C)C1=CC=C(N(c2ccc(C3C=C4C(=CC3)c3ccccc3C4(C)C)cc2)c2ccc3c(c2)C(C)(C)c2cccc4c2N3C2=C(CCC=C2)C4(C)C)CC1. The molecule has 57 heavy (non-hydrogen) atoms. The lowest BCUT2D eigenvalue weighted by Gasteiger charge is -2.51. The number of hydrogen-bond acceptors (Lipinski definition) is 2. The Labute approximate surface area is 341 Å². The van der Waals surface area contributed by atoms with Crippen LogP contribution in [0.5, 0.6) is 0 Å². The molecule has 0 saturated carbocycles. The average molecular weight is 747 g/mol. The molecule has 288 valence electrons. The lowest BCUT2D eigenvalue weighted by Crippen LogP contribution is -2.40. The first kappa shape index (κ1) is 36.3. The van der Waals surface area contributed by atoms with Gasteiger partial charge >= 0.3 is 0 Å². The van der Waals surface area contributed by atoms with Gasteiger partial charge in [0, 0.05) is 44.9 Å². The lowest BCUT2D eigenvalue weighted by molar-refractivity contribution is 0.479. The van der Waals surface area contributed by atoms with E-state index >= 15 is 0 Å². The highest BCUT2D eigenvalue weighted by Gasteiger charge is 2.46. The molecule has 2 heterocycles. The fraction of sp³-hybridized carbons (Fsp3) is 0.345. The van der Waals surface area contributed by atoms with Gasteiger partial charge in [0.05, 0.1) is 11.4 Å². The van der Waals surface area contributed by atoms with Crippen molar-refractivity contribution in [1.82, 2.24) is 0 Å². The summed E-state index contributed by atoms with van der Waals surface area (Å²) in [6.07, 6.45) is 20.0. The van der Waals surface area contributed by atoms with Crippen molar-refractivity contribution in [2.45, 2.75) is 117 Å². The van der Waals surface area contributed by atoms with E-state index in [9.17, 15) is 0 Å². The van der Waals surface area contributed by atoms with Gasteiger partial charge in [0.2, 0.25) is 0 Å². The second-order valence-electron chi connectivity index (χ2n) is 20.0. The van der Waals surface area contributed by atoms with Gasteiger partial charge in [-0.15, -0.1) is 0 Å². The van der Waals surface area contributed by atoms with Gasteiger partial charge in [0.1, 0.15) is 0 Å². The van der Waals surface area contributed by atoms with Crippen LogP contribution in [0.1, 0.15) is 134 Å². The zero-order chi connectivity index (χ0) is 39.6. The van der Waals surface area contributed by atoms with Crippen LogP contribution in [0.15, 0.2) is 149 Å². The number of nitrogens with zero attached hydrogens (tertiary/aromatic N) is 2. The van der Waals surface area contributed by atoms with Gasteiger partial charge in [-0.05, 0) is 130 Å². The first-order valence-corrected chi connectivity index (χ1v) is 21.5. The van der Waals surface area contributed by atoms with E-state index in [0.717, 1.165) is 32.1 Å². The maximum atomic E-state index is 2.62. The van der Waals surface area contributed by atoms with Crippen molar-refractivity contribution in [2.24, 2.45) is 5.41 Å². The molecule has 10 rings (SSSR count). The minimum atomic E-state index is -0.177. The molecule has 2 nitrogen and oxygen atoms in total. The number of hydrogen-bond donors (Lipinski definition) is 0. The van der Waals surface area contributed by atoms with Gasteiger partial charge < -0.3 is 9.80 Å². The van der Waals surface area contributed by atoms with Gasteiger partial charge in [0.15, 0.2) is 0 Å². The third-order valence-electron chi connectivity index (χ3n) is 14.7. The number of benzene rings is 4. The number of anilines is 4. The van der Waals surface area contributed by atoms with Crippen molar-refractivity contribution in [1.29, 1.82) is 0 Å². The van der Waals surface area contributed by atoms with E-state index in [4.69, 9.17) is 0 Å². The molecule has 4 aromatic rings. The van der Waals surface area contributed by atoms with Gasteiger partial charge in [-0.2, -0.15) is 0 Å².